The maximum absolute atomic E-state index is 10.5. The number of thiophene rings is 1. The lowest BCUT2D eigenvalue weighted by molar-refractivity contribution is -0.137. The molecule has 0 bridgehead atoms. The van der Waals surface area contributed by atoms with Crippen LogP contribution in [0.15, 0.2) is 17.5 Å². The highest BCUT2D eigenvalue weighted by molar-refractivity contribution is 7.10. The fourth-order valence-electron chi connectivity index (χ4n) is 2.33. The Morgan fingerprint density at radius 2 is 2.50 bits per heavy atom. The number of carboxylic acids is 1. The highest BCUT2D eigenvalue weighted by atomic mass is 32.1. The first-order valence-electron chi connectivity index (χ1n) is 5.76. The molecule has 3 nitrogen and oxygen atoms in total. The van der Waals surface area contributed by atoms with Gasteiger partial charge in [-0.05, 0) is 43.8 Å². The van der Waals surface area contributed by atoms with Gasteiger partial charge < -0.3 is 5.11 Å². The van der Waals surface area contributed by atoms with E-state index in [9.17, 15) is 4.79 Å². The molecule has 1 aromatic heterocycles. The minimum absolute atomic E-state index is 0.285. The Kier molecular flexibility index (Phi) is 3.96. The van der Waals surface area contributed by atoms with Crippen molar-refractivity contribution in [2.24, 2.45) is 0 Å². The smallest absolute Gasteiger partial charge is 0.303 e. The van der Waals surface area contributed by atoms with Crippen molar-refractivity contribution in [3.63, 3.8) is 0 Å². The molecule has 88 valence electrons. The van der Waals surface area contributed by atoms with Crippen molar-refractivity contribution in [2.45, 2.75) is 31.7 Å². The van der Waals surface area contributed by atoms with Gasteiger partial charge in [0.1, 0.15) is 0 Å². The molecule has 1 aliphatic heterocycles. The summed E-state index contributed by atoms with van der Waals surface area (Å²) in [4.78, 5) is 14.3. The topological polar surface area (TPSA) is 40.5 Å². The summed E-state index contributed by atoms with van der Waals surface area (Å²) in [5, 5.41) is 10.7. The molecule has 1 saturated heterocycles. The number of rotatable bonds is 5. The highest BCUT2D eigenvalue weighted by Crippen LogP contribution is 2.34. The lowest BCUT2D eigenvalue weighted by atomic mass is 10.2. The summed E-state index contributed by atoms with van der Waals surface area (Å²) in [6, 6.07) is 4.81. The van der Waals surface area contributed by atoms with E-state index in [-0.39, 0.29) is 6.42 Å². The Balaban J connectivity index is 1.86. The van der Waals surface area contributed by atoms with Crippen molar-refractivity contribution < 1.29 is 9.90 Å². The van der Waals surface area contributed by atoms with Gasteiger partial charge in [0.15, 0.2) is 0 Å². The van der Waals surface area contributed by atoms with E-state index in [0.29, 0.717) is 6.04 Å². The number of carbonyl (C=O) groups is 1. The number of nitrogens with zero attached hydrogens (tertiary/aromatic N) is 1. The van der Waals surface area contributed by atoms with Crippen molar-refractivity contribution in [3.8, 4) is 0 Å². The molecule has 0 aliphatic carbocycles. The van der Waals surface area contributed by atoms with E-state index in [1.54, 1.807) is 11.3 Å². The summed E-state index contributed by atoms with van der Waals surface area (Å²) in [5.41, 5.74) is 0. The zero-order valence-corrected chi connectivity index (χ0v) is 10.1. The summed E-state index contributed by atoms with van der Waals surface area (Å²) in [6.07, 6.45) is 3.49. The normalized spacial score (nSPS) is 21.4. The molecule has 2 heterocycles. The quantitative estimate of drug-likeness (QED) is 0.859. The molecule has 1 aliphatic rings. The van der Waals surface area contributed by atoms with Crippen LogP contribution in [-0.2, 0) is 4.79 Å². The van der Waals surface area contributed by atoms with Gasteiger partial charge in [0.25, 0.3) is 0 Å². The summed E-state index contributed by atoms with van der Waals surface area (Å²) >= 11 is 1.81. The van der Waals surface area contributed by atoms with Gasteiger partial charge in [-0.1, -0.05) is 6.07 Å². The van der Waals surface area contributed by atoms with E-state index in [1.807, 2.05) is 0 Å². The third kappa shape index (κ3) is 2.83. The molecule has 0 spiro atoms. The molecular formula is C12H17NO2S. The van der Waals surface area contributed by atoms with E-state index in [4.69, 9.17) is 5.11 Å². The molecule has 0 aromatic carbocycles. The molecular weight excluding hydrogens is 222 g/mol. The fraction of sp³-hybridized carbons (Fsp3) is 0.583. The van der Waals surface area contributed by atoms with Crippen LogP contribution in [0.4, 0.5) is 0 Å². The van der Waals surface area contributed by atoms with Gasteiger partial charge in [-0.15, -0.1) is 11.3 Å². The predicted molar refractivity (Wildman–Crippen MR) is 64.7 cm³/mol. The average Bonchev–Trinajstić information content (AvgIpc) is 2.84. The third-order valence-corrected chi connectivity index (χ3v) is 4.04. The van der Waals surface area contributed by atoms with Crippen LogP contribution in [0.25, 0.3) is 0 Å². The van der Waals surface area contributed by atoms with E-state index in [0.717, 1.165) is 19.5 Å². The lowest BCUT2D eigenvalue weighted by Crippen LogP contribution is -2.24. The van der Waals surface area contributed by atoms with Gasteiger partial charge in [0.2, 0.25) is 0 Å². The highest BCUT2D eigenvalue weighted by Gasteiger charge is 2.25. The van der Waals surface area contributed by atoms with Crippen molar-refractivity contribution in [3.05, 3.63) is 22.4 Å². The Morgan fingerprint density at radius 1 is 1.62 bits per heavy atom. The molecule has 2 rings (SSSR count). The molecule has 0 amide bonds. The molecule has 16 heavy (non-hydrogen) atoms. The van der Waals surface area contributed by atoms with Crippen molar-refractivity contribution in [1.29, 1.82) is 0 Å². The van der Waals surface area contributed by atoms with E-state index >= 15 is 0 Å². The third-order valence-electron chi connectivity index (χ3n) is 3.07. The van der Waals surface area contributed by atoms with Gasteiger partial charge in [0.05, 0.1) is 0 Å². The van der Waals surface area contributed by atoms with E-state index < -0.39 is 5.97 Å². The van der Waals surface area contributed by atoms with E-state index in [1.165, 1.54) is 17.7 Å². The zero-order chi connectivity index (χ0) is 11.4. The van der Waals surface area contributed by atoms with Crippen LogP contribution >= 0.6 is 11.3 Å². The monoisotopic (exact) mass is 239 g/mol. The Bertz CT molecular complexity index is 337. The summed E-state index contributed by atoms with van der Waals surface area (Å²) < 4.78 is 0. The number of aliphatic carboxylic acids is 1. The molecule has 1 unspecified atom stereocenters. The first-order valence-corrected chi connectivity index (χ1v) is 6.64. The maximum Gasteiger partial charge on any atom is 0.303 e. The van der Waals surface area contributed by atoms with Crippen molar-refractivity contribution >= 4 is 17.3 Å². The maximum atomic E-state index is 10.5. The van der Waals surface area contributed by atoms with E-state index in [2.05, 4.69) is 22.4 Å². The zero-order valence-electron chi connectivity index (χ0n) is 9.26. The Hall–Kier alpha value is -0.870. The van der Waals surface area contributed by atoms with Crippen LogP contribution in [0, 0.1) is 0 Å². The molecule has 1 atom stereocenters. The standard InChI is InChI=1S/C12H17NO2S/c14-12(15)6-2-8-13-7-1-4-10(13)11-5-3-9-16-11/h3,5,9-10H,1-2,4,6-8H2,(H,14,15). The molecule has 1 fully saturated rings. The average molecular weight is 239 g/mol. The molecule has 1 aromatic rings. The second kappa shape index (κ2) is 5.46. The minimum atomic E-state index is -0.688. The SMILES string of the molecule is O=C(O)CCCN1CCCC1c1cccs1. The molecule has 0 radical (unpaired) electrons. The van der Waals surface area contributed by atoms with Gasteiger partial charge in [-0.3, -0.25) is 9.69 Å². The molecule has 0 saturated carbocycles. The minimum Gasteiger partial charge on any atom is -0.481 e. The van der Waals surface area contributed by atoms with Gasteiger partial charge in [-0.2, -0.15) is 0 Å². The molecule has 1 N–H and O–H groups in total. The van der Waals surface area contributed by atoms with Gasteiger partial charge in [0, 0.05) is 17.3 Å². The summed E-state index contributed by atoms with van der Waals surface area (Å²) in [6.45, 7) is 2.02. The van der Waals surface area contributed by atoms with Crippen LogP contribution < -0.4 is 0 Å². The Morgan fingerprint density at radius 3 is 3.19 bits per heavy atom. The van der Waals surface area contributed by atoms with Crippen molar-refractivity contribution in [2.75, 3.05) is 13.1 Å². The number of hydrogen-bond acceptors (Lipinski definition) is 3. The van der Waals surface area contributed by atoms with Crippen molar-refractivity contribution in [1.82, 2.24) is 4.90 Å². The predicted octanol–water partition coefficient (Wildman–Crippen LogP) is 2.75. The number of hydrogen-bond donors (Lipinski definition) is 1. The van der Waals surface area contributed by atoms with Gasteiger partial charge in [-0.25, -0.2) is 0 Å². The first-order chi connectivity index (χ1) is 7.77. The van der Waals surface area contributed by atoms with Crippen LogP contribution in [0.3, 0.4) is 0 Å². The van der Waals surface area contributed by atoms with Crippen LogP contribution in [-0.4, -0.2) is 29.1 Å². The summed E-state index contributed by atoms with van der Waals surface area (Å²) in [7, 11) is 0. The number of carboxylic acid groups (broad SMARTS) is 1. The van der Waals surface area contributed by atoms with Crippen LogP contribution in [0.1, 0.15) is 36.6 Å². The summed E-state index contributed by atoms with van der Waals surface area (Å²) in [5.74, 6) is -0.688. The molecule has 4 heteroatoms. The Labute approximate surface area is 99.7 Å². The second-order valence-corrected chi connectivity index (χ2v) is 5.19. The van der Waals surface area contributed by atoms with Crippen LogP contribution in [0.5, 0.6) is 0 Å². The number of likely N-dealkylation sites (tertiary alicyclic amines) is 1. The first kappa shape index (κ1) is 11.6. The second-order valence-electron chi connectivity index (χ2n) is 4.21. The fourth-order valence-corrected chi connectivity index (χ4v) is 3.23. The van der Waals surface area contributed by atoms with Crippen LogP contribution in [0.2, 0.25) is 0 Å². The largest absolute Gasteiger partial charge is 0.481 e. The van der Waals surface area contributed by atoms with Gasteiger partial charge >= 0.3 is 5.97 Å². The lowest BCUT2D eigenvalue weighted by Gasteiger charge is -2.23.